The molecular formula is C12H23NO3. The molecule has 0 heterocycles. The van der Waals surface area contributed by atoms with E-state index in [0.717, 1.165) is 25.7 Å². The molecule has 1 saturated carbocycles. The van der Waals surface area contributed by atoms with E-state index in [1.54, 1.807) is 0 Å². The summed E-state index contributed by atoms with van der Waals surface area (Å²) < 4.78 is 5.19. The number of alkyl carbamates (subject to hydrolysis) is 1. The van der Waals surface area contributed by atoms with Gasteiger partial charge in [0, 0.05) is 12.6 Å². The second-order valence-electron chi connectivity index (χ2n) is 5.55. The Morgan fingerprint density at radius 2 is 1.88 bits per heavy atom. The number of carbonyl (C=O) groups excluding carboxylic acids is 1. The van der Waals surface area contributed by atoms with Crippen LogP contribution in [0.15, 0.2) is 0 Å². The first-order valence-electron chi connectivity index (χ1n) is 6.01. The molecule has 1 amide bonds. The van der Waals surface area contributed by atoms with Crippen LogP contribution in [-0.4, -0.2) is 29.4 Å². The Kier molecular flexibility index (Phi) is 4.59. The summed E-state index contributed by atoms with van der Waals surface area (Å²) in [5.41, 5.74) is -0.438. The van der Waals surface area contributed by atoms with E-state index in [1.165, 1.54) is 0 Å². The maximum atomic E-state index is 11.5. The molecule has 4 nitrogen and oxygen atoms in total. The Morgan fingerprint density at radius 1 is 1.31 bits per heavy atom. The van der Waals surface area contributed by atoms with Crippen LogP contribution in [0.3, 0.4) is 0 Å². The van der Waals surface area contributed by atoms with Crippen LogP contribution < -0.4 is 5.32 Å². The van der Waals surface area contributed by atoms with Crippen LogP contribution in [0.1, 0.15) is 46.5 Å². The molecule has 4 heteroatoms. The summed E-state index contributed by atoms with van der Waals surface area (Å²) >= 11 is 0. The van der Waals surface area contributed by atoms with Crippen molar-refractivity contribution in [2.45, 2.75) is 58.1 Å². The lowest BCUT2D eigenvalue weighted by Crippen LogP contribution is -2.41. The van der Waals surface area contributed by atoms with Gasteiger partial charge in [-0.3, -0.25) is 0 Å². The molecule has 0 unspecified atom stereocenters. The molecule has 0 atom stereocenters. The van der Waals surface area contributed by atoms with Gasteiger partial charge in [-0.25, -0.2) is 4.79 Å². The first-order chi connectivity index (χ1) is 7.40. The van der Waals surface area contributed by atoms with Gasteiger partial charge in [0.2, 0.25) is 0 Å². The van der Waals surface area contributed by atoms with Crippen molar-refractivity contribution in [2.75, 3.05) is 6.61 Å². The van der Waals surface area contributed by atoms with Crippen LogP contribution in [0.5, 0.6) is 0 Å². The Labute approximate surface area is 97.4 Å². The van der Waals surface area contributed by atoms with Gasteiger partial charge in [-0.1, -0.05) is 0 Å². The Balaban J connectivity index is 2.26. The van der Waals surface area contributed by atoms with E-state index in [9.17, 15) is 4.79 Å². The number of ether oxygens (including phenoxy) is 1. The molecule has 1 rings (SSSR count). The van der Waals surface area contributed by atoms with Gasteiger partial charge in [0.15, 0.2) is 0 Å². The number of hydrogen-bond donors (Lipinski definition) is 2. The number of carbonyl (C=O) groups is 1. The number of nitrogens with one attached hydrogen (secondary N) is 1. The van der Waals surface area contributed by atoms with E-state index in [-0.39, 0.29) is 18.7 Å². The number of rotatable bonds is 2. The first kappa shape index (κ1) is 13.3. The van der Waals surface area contributed by atoms with Crippen molar-refractivity contribution in [3.8, 4) is 0 Å². The Morgan fingerprint density at radius 3 is 2.31 bits per heavy atom. The van der Waals surface area contributed by atoms with Crippen LogP contribution in [0, 0.1) is 5.92 Å². The highest BCUT2D eigenvalue weighted by molar-refractivity contribution is 5.68. The van der Waals surface area contributed by atoms with Crippen molar-refractivity contribution in [2.24, 2.45) is 5.92 Å². The quantitative estimate of drug-likeness (QED) is 0.762. The van der Waals surface area contributed by atoms with Crippen molar-refractivity contribution in [3.05, 3.63) is 0 Å². The van der Waals surface area contributed by atoms with E-state index in [2.05, 4.69) is 5.32 Å². The molecular weight excluding hydrogens is 206 g/mol. The Hall–Kier alpha value is -0.770. The predicted molar refractivity (Wildman–Crippen MR) is 62.2 cm³/mol. The van der Waals surface area contributed by atoms with E-state index in [0.29, 0.717) is 5.92 Å². The third-order valence-electron chi connectivity index (χ3n) is 2.83. The zero-order valence-corrected chi connectivity index (χ0v) is 10.5. The number of aliphatic hydroxyl groups excluding tert-OH is 1. The molecule has 1 fully saturated rings. The largest absolute Gasteiger partial charge is 0.444 e. The van der Waals surface area contributed by atoms with Crippen LogP contribution in [0.25, 0.3) is 0 Å². The van der Waals surface area contributed by atoms with Gasteiger partial charge in [-0.05, 0) is 52.4 Å². The van der Waals surface area contributed by atoms with Crippen molar-refractivity contribution < 1.29 is 14.6 Å². The zero-order valence-electron chi connectivity index (χ0n) is 10.5. The monoisotopic (exact) mass is 229 g/mol. The SMILES string of the molecule is CC(C)(C)OC(=O)N[C@H]1CC[C@@H](CO)CC1. The summed E-state index contributed by atoms with van der Waals surface area (Å²) in [5, 5.41) is 11.9. The molecule has 94 valence electrons. The standard InChI is InChI=1S/C12H23NO3/c1-12(2,3)16-11(15)13-10-6-4-9(8-14)5-7-10/h9-10,14H,4-8H2,1-3H3,(H,13,15)/t9-,10+. The fourth-order valence-corrected chi connectivity index (χ4v) is 1.96. The summed E-state index contributed by atoms with van der Waals surface area (Å²) in [6.45, 7) is 5.83. The van der Waals surface area contributed by atoms with Crippen molar-refractivity contribution in [1.29, 1.82) is 0 Å². The average molecular weight is 229 g/mol. The van der Waals surface area contributed by atoms with Gasteiger partial charge < -0.3 is 15.2 Å². The first-order valence-corrected chi connectivity index (χ1v) is 6.01. The van der Waals surface area contributed by atoms with E-state index < -0.39 is 5.60 Å². The molecule has 0 aromatic carbocycles. The zero-order chi connectivity index (χ0) is 12.2. The van der Waals surface area contributed by atoms with Gasteiger partial charge >= 0.3 is 6.09 Å². The third kappa shape index (κ3) is 4.84. The van der Waals surface area contributed by atoms with Gasteiger partial charge in [-0.2, -0.15) is 0 Å². The average Bonchev–Trinajstić information content (AvgIpc) is 2.16. The molecule has 0 aliphatic heterocycles. The summed E-state index contributed by atoms with van der Waals surface area (Å²) in [7, 11) is 0. The lowest BCUT2D eigenvalue weighted by molar-refractivity contribution is 0.0482. The lowest BCUT2D eigenvalue weighted by atomic mass is 9.87. The second-order valence-corrected chi connectivity index (χ2v) is 5.55. The van der Waals surface area contributed by atoms with Crippen LogP contribution in [-0.2, 0) is 4.74 Å². The maximum absolute atomic E-state index is 11.5. The molecule has 16 heavy (non-hydrogen) atoms. The van der Waals surface area contributed by atoms with Crippen molar-refractivity contribution in [1.82, 2.24) is 5.32 Å². The Bertz CT molecular complexity index is 227. The van der Waals surface area contributed by atoms with Crippen molar-refractivity contribution in [3.63, 3.8) is 0 Å². The summed E-state index contributed by atoms with van der Waals surface area (Å²) in [6, 6.07) is 0.206. The normalized spacial score (nSPS) is 26.2. The van der Waals surface area contributed by atoms with E-state index in [1.807, 2.05) is 20.8 Å². The highest BCUT2D eigenvalue weighted by Gasteiger charge is 2.24. The fourth-order valence-electron chi connectivity index (χ4n) is 1.96. The molecule has 0 saturated heterocycles. The number of hydrogen-bond acceptors (Lipinski definition) is 3. The molecule has 0 aromatic heterocycles. The lowest BCUT2D eigenvalue weighted by Gasteiger charge is -2.29. The number of amides is 1. The second kappa shape index (κ2) is 5.53. The maximum Gasteiger partial charge on any atom is 0.407 e. The molecule has 0 bridgehead atoms. The van der Waals surface area contributed by atoms with Crippen LogP contribution in [0.4, 0.5) is 4.79 Å². The molecule has 0 aromatic rings. The predicted octanol–water partition coefficient (Wildman–Crippen LogP) is 2.06. The molecule has 2 N–H and O–H groups in total. The van der Waals surface area contributed by atoms with Gasteiger partial charge in [0.05, 0.1) is 0 Å². The molecule has 0 radical (unpaired) electrons. The summed E-state index contributed by atoms with van der Waals surface area (Å²) in [5.74, 6) is 0.414. The highest BCUT2D eigenvalue weighted by atomic mass is 16.6. The number of aliphatic hydroxyl groups is 1. The minimum absolute atomic E-state index is 0.206. The minimum atomic E-state index is -0.438. The summed E-state index contributed by atoms with van der Waals surface area (Å²) in [4.78, 5) is 11.5. The van der Waals surface area contributed by atoms with Crippen LogP contribution >= 0.6 is 0 Å². The van der Waals surface area contributed by atoms with Gasteiger partial charge in [0.25, 0.3) is 0 Å². The molecule has 1 aliphatic carbocycles. The minimum Gasteiger partial charge on any atom is -0.444 e. The van der Waals surface area contributed by atoms with Gasteiger partial charge in [0.1, 0.15) is 5.60 Å². The van der Waals surface area contributed by atoms with Crippen molar-refractivity contribution >= 4 is 6.09 Å². The third-order valence-corrected chi connectivity index (χ3v) is 2.83. The van der Waals surface area contributed by atoms with E-state index >= 15 is 0 Å². The topological polar surface area (TPSA) is 58.6 Å². The molecule has 0 spiro atoms. The fraction of sp³-hybridized carbons (Fsp3) is 0.917. The van der Waals surface area contributed by atoms with E-state index in [4.69, 9.17) is 9.84 Å². The summed E-state index contributed by atoms with van der Waals surface area (Å²) in [6.07, 6.45) is 3.50. The highest BCUT2D eigenvalue weighted by Crippen LogP contribution is 2.23. The smallest absolute Gasteiger partial charge is 0.407 e. The van der Waals surface area contributed by atoms with Gasteiger partial charge in [-0.15, -0.1) is 0 Å². The molecule has 1 aliphatic rings. The van der Waals surface area contributed by atoms with Crippen LogP contribution in [0.2, 0.25) is 0 Å².